The van der Waals surface area contributed by atoms with E-state index in [4.69, 9.17) is 4.42 Å². The third-order valence-electron chi connectivity index (χ3n) is 11.4. The number of thiophene rings is 1. The summed E-state index contributed by atoms with van der Waals surface area (Å²) in [4.78, 5) is 0. The average Bonchev–Trinajstić information content (AvgIpc) is 3.82. The second kappa shape index (κ2) is 11.4. The van der Waals surface area contributed by atoms with Crippen LogP contribution in [0.1, 0.15) is 0 Å². The molecule has 0 spiro atoms. The smallest absolute Gasteiger partial charge is 0.153 e. The Morgan fingerprint density at radius 3 is 1.52 bits per heavy atom. The Hall–Kier alpha value is -6.74. The molecule has 0 unspecified atom stereocenters. The van der Waals surface area contributed by atoms with Crippen LogP contribution in [0.2, 0.25) is 0 Å². The maximum atomic E-state index is 6.72. The van der Waals surface area contributed by atoms with Crippen molar-refractivity contribution in [2.75, 3.05) is 0 Å². The zero-order valence-corrected chi connectivity index (χ0v) is 30.0. The van der Waals surface area contributed by atoms with E-state index in [9.17, 15) is 0 Å². The SMILES string of the molecule is c1ccc(-c2c3ccccc3c(-c3ccc4cc(-c5ccc6oc7c8sc9ccccc9c8c8ccccc8c7c6c5)ccc4c3)c3ccccc23)cc1. The Morgan fingerprint density at radius 1 is 0.333 bits per heavy atom. The topological polar surface area (TPSA) is 13.1 Å². The van der Waals surface area contributed by atoms with Gasteiger partial charge >= 0.3 is 0 Å². The third kappa shape index (κ3) is 4.26. The number of hydrogen-bond donors (Lipinski definition) is 0. The maximum Gasteiger partial charge on any atom is 0.153 e. The number of benzene rings is 10. The van der Waals surface area contributed by atoms with Gasteiger partial charge in [-0.1, -0.05) is 152 Å². The summed E-state index contributed by atoms with van der Waals surface area (Å²) >= 11 is 1.83. The Morgan fingerprint density at radius 2 is 0.833 bits per heavy atom. The van der Waals surface area contributed by atoms with Crippen LogP contribution in [0, 0.1) is 0 Å². The molecular formula is C52H30OS. The first kappa shape index (κ1) is 29.8. The minimum atomic E-state index is 0.923. The van der Waals surface area contributed by atoms with Gasteiger partial charge in [-0.3, -0.25) is 0 Å². The second-order valence-corrected chi connectivity index (χ2v) is 15.4. The zero-order chi connectivity index (χ0) is 35.3. The van der Waals surface area contributed by atoms with Crippen molar-refractivity contribution in [3.8, 4) is 33.4 Å². The number of hydrogen-bond acceptors (Lipinski definition) is 2. The Kier molecular flexibility index (Phi) is 6.28. The molecule has 0 amide bonds. The molecule has 0 aliphatic carbocycles. The van der Waals surface area contributed by atoms with E-state index in [-0.39, 0.29) is 0 Å². The molecule has 12 aromatic rings. The van der Waals surface area contributed by atoms with Gasteiger partial charge in [0.15, 0.2) is 5.58 Å². The molecule has 2 aromatic heterocycles. The van der Waals surface area contributed by atoms with Crippen LogP contribution >= 0.6 is 11.3 Å². The van der Waals surface area contributed by atoms with Crippen molar-refractivity contribution in [2.24, 2.45) is 0 Å². The summed E-state index contributed by atoms with van der Waals surface area (Å²) in [6, 6.07) is 66.6. The summed E-state index contributed by atoms with van der Waals surface area (Å²) in [5.74, 6) is 0. The molecule has 2 heterocycles. The van der Waals surface area contributed by atoms with Crippen molar-refractivity contribution in [2.45, 2.75) is 0 Å². The predicted octanol–water partition coefficient (Wildman–Crippen LogP) is 15.6. The van der Waals surface area contributed by atoms with Gasteiger partial charge in [-0.05, 0) is 107 Å². The Balaban J connectivity index is 1.02. The average molecular weight is 703 g/mol. The fourth-order valence-electron chi connectivity index (χ4n) is 9.03. The van der Waals surface area contributed by atoms with Crippen LogP contribution in [0.4, 0.5) is 0 Å². The lowest BCUT2D eigenvalue weighted by Crippen LogP contribution is -1.90. The molecule has 12 rings (SSSR count). The van der Waals surface area contributed by atoms with Gasteiger partial charge < -0.3 is 4.42 Å². The molecular weight excluding hydrogens is 673 g/mol. The summed E-state index contributed by atoms with van der Waals surface area (Å²) in [5.41, 5.74) is 9.33. The van der Waals surface area contributed by atoms with E-state index in [2.05, 4.69) is 182 Å². The highest BCUT2D eigenvalue weighted by Crippen LogP contribution is 2.48. The Bertz CT molecular complexity index is 3440. The first-order chi connectivity index (χ1) is 26.8. The van der Waals surface area contributed by atoms with Crippen LogP contribution < -0.4 is 0 Å². The first-order valence-corrected chi connectivity index (χ1v) is 19.3. The largest absolute Gasteiger partial charge is 0.455 e. The second-order valence-electron chi connectivity index (χ2n) is 14.3. The molecule has 0 fully saturated rings. The van der Waals surface area contributed by atoms with Gasteiger partial charge in [0.25, 0.3) is 0 Å². The first-order valence-electron chi connectivity index (χ1n) is 18.5. The van der Waals surface area contributed by atoms with E-state index in [1.165, 1.54) is 102 Å². The van der Waals surface area contributed by atoms with Crippen molar-refractivity contribution in [1.29, 1.82) is 0 Å². The van der Waals surface area contributed by atoms with Crippen LogP contribution in [0.5, 0.6) is 0 Å². The summed E-state index contributed by atoms with van der Waals surface area (Å²) in [6.45, 7) is 0. The standard InChI is InChI=1S/C52H30OS/c1-2-12-31(13-3-1)47-37-14-4-6-16-39(37)48(40-17-7-5-15-38(40)47)36-25-24-32-28-33(22-23-34(32)29-36)35-26-27-45-44(30-35)49-41-18-8-9-19-42(41)50-43-20-10-11-21-46(43)54-52(50)51(49)53-45/h1-30H. The van der Waals surface area contributed by atoms with Crippen molar-refractivity contribution in [1.82, 2.24) is 0 Å². The molecule has 0 N–H and O–H groups in total. The monoisotopic (exact) mass is 702 g/mol. The van der Waals surface area contributed by atoms with Gasteiger partial charge in [0.1, 0.15) is 5.58 Å². The molecule has 10 aromatic carbocycles. The summed E-state index contributed by atoms with van der Waals surface area (Å²) in [7, 11) is 0. The minimum Gasteiger partial charge on any atom is -0.455 e. The van der Waals surface area contributed by atoms with Gasteiger partial charge in [0, 0.05) is 26.2 Å². The molecule has 1 nitrogen and oxygen atoms in total. The van der Waals surface area contributed by atoms with Crippen LogP contribution in [-0.2, 0) is 0 Å². The highest BCUT2D eigenvalue weighted by molar-refractivity contribution is 7.26. The highest BCUT2D eigenvalue weighted by Gasteiger charge is 2.20. The van der Waals surface area contributed by atoms with Crippen molar-refractivity contribution < 1.29 is 4.42 Å². The lowest BCUT2D eigenvalue weighted by atomic mass is 9.85. The number of furan rings is 1. The predicted molar refractivity (Wildman–Crippen MR) is 233 cm³/mol. The fourth-order valence-corrected chi connectivity index (χ4v) is 10.2. The zero-order valence-electron chi connectivity index (χ0n) is 29.1. The molecule has 0 atom stereocenters. The lowest BCUT2D eigenvalue weighted by molar-refractivity contribution is 0.673. The van der Waals surface area contributed by atoms with E-state index in [1.54, 1.807) is 0 Å². The lowest BCUT2D eigenvalue weighted by Gasteiger charge is -2.18. The number of fused-ring (bicyclic) bond motifs is 13. The molecule has 54 heavy (non-hydrogen) atoms. The normalized spacial score (nSPS) is 12.1. The quantitative estimate of drug-likeness (QED) is 0.167. The summed E-state index contributed by atoms with van der Waals surface area (Å²) in [6.07, 6.45) is 0. The van der Waals surface area contributed by atoms with Crippen molar-refractivity contribution >= 4 is 96.5 Å². The van der Waals surface area contributed by atoms with Gasteiger partial charge in [-0.25, -0.2) is 0 Å². The van der Waals surface area contributed by atoms with E-state index < -0.39 is 0 Å². The summed E-state index contributed by atoms with van der Waals surface area (Å²) < 4.78 is 9.23. The van der Waals surface area contributed by atoms with Gasteiger partial charge in [0.05, 0.1) is 4.70 Å². The summed E-state index contributed by atoms with van der Waals surface area (Å²) in [5, 5.41) is 15.0. The molecule has 0 radical (unpaired) electrons. The van der Waals surface area contributed by atoms with Crippen LogP contribution in [0.3, 0.4) is 0 Å². The van der Waals surface area contributed by atoms with E-state index in [0.717, 1.165) is 16.6 Å². The van der Waals surface area contributed by atoms with Gasteiger partial charge in [-0.15, -0.1) is 11.3 Å². The van der Waals surface area contributed by atoms with E-state index >= 15 is 0 Å². The van der Waals surface area contributed by atoms with E-state index in [1.807, 2.05) is 11.3 Å². The van der Waals surface area contributed by atoms with Crippen LogP contribution in [0.15, 0.2) is 186 Å². The molecule has 2 heteroatoms. The van der Waals surface area contributed by atoms with Gasteiger partial charge in [-0.2, -0.15) is 0 Å². The third-order valence-corrected chi connectivity index (χ3v) is 12.6. The van der Waals surface area contributed by atoms with Crippen LogP contribution in [0.25, 0.3) is 119 Å². The number of rotatable bonds is 3. The highest BCUT2D eigenvalue weighted by atomic mass is 32.1. The van der Waals surface area contributed by atoms with Crippen molar-refractivity contribution in [3.05, 3.63) is 182 Å². The molecule has 250 valence electrons. The van der Waals surface area contributed by atoms with Crippen LogP contribution in [-0.4, -0.2) is 0 Å². The van der Waals surface area contributed by atoms with Crippen molar-refractivity contribution in [3.63, 3.8) is 0 Å². The molecule has 0 bridgehead atoms. The molecule has 0 aliphatic rings. The molecule has 0 saturated carbocycles. The molecule has 0 aliphatic heterocycles. The fraction of sp³-hybridized carbons (Fsp3) is 0. The van der Waals surface area contributed by atoms with Gasteiger partial charge in [0.2, 0.25) is 0 Å². The van der Waals surface area contributed by atoms with E-state index in [0.29, 0.717) is 0 Å². The molecule has 0 saturated heterocycles. The maximum absolute atomic E-state index is 6.72. The Labute approximate surface area is 314 Å². The minimum absolute atomic E-state index is 0.923.